The van der Waals surface area contributed by atoms with E-state index in [0.29, 0.717) is 44.2 Å². The van der Waals surface area contributed by atoms with Gasteiger partial charge in [-0.05, 0) is 166 Å². The van der Waals surface area contributed by atoms with Crippen LogP contribution < -0.4 is 36.8 Å². The van der Waals surface area contributed by atoms with Crippen LogP contribution in [0.4, 0.5) is 11.4 Å². The summed E-state index contributed by atoms with van der Waals surface area (Å²) in [7, 11) is -3.08. The molecule has 0 saturated carbocycles. The van der Waals surface area contributed by atoms with Crippen molar-refractivity contribution in [2.45, 2.75) is 307 Å². The molecule has 145 heavy (non-hydrogen) atoms. The number of hydrogen-bond acceptors (Lipinski definition) is 26. The van der Waals surface area contributed by atoms with Crippen LogP contribution in [0.1, 0.15) is 265 Å². The number of allylic oxidation sites excluding steroid dienone is 8. The second-order valence-corrected chi connectivity index (χ2v) is 41.0. The number of ketones is 7. The maximum atomic E-state index is 14.6. The minimum Gasteiger partial charge on any atom is -0.481 e. The lowest BCUT2D eigenvalue weighted by Gasteiger charge is -2.27. The van der Waals surface area contributed by atoms with Crippen LogP contribution in [0.15, 0.2) is 89.5 Å². The molecule has 3 heterocycles. The number of hydrogen-bond donors (Lipinski definition) is 12. The summed E-state index contributed by atoms with van der Waals surface area (Å²) in [5.74, 6) is -21.9. The van der Waals surface area contributed by atoms with Crippen molar-refractivity contribution < 1.29 is 148 Å². The molecule has 0 aromatic heterocycles. The van der Waals surface area contributed by atoms with E-state index in [9.17, 15) is 130 Å². The first-order valence-electron chi connectivity index (χ1n) is 49.8. The van der Waals surface area contributed by atoms with E-state index in [1.807, 2.05) is 64.2 Å². The van der Waals surface area contributed by atoms with Crippen LogP contribution in [-0.2, 0) is 126 Å². The van der Waals surface area contributed by atoms with E-state index >= 15 is 0 Å². The third kappa shape index (κ3) is 42.4. The zero-order valence-corrected chi connectivity index (χ0v) is 87.2. The summed E-state index contributed by atoms with van der Waals surface area (Å²) in [6, 6.07) is 2.91. The highest BCUT2D eigenvalue weighted by molar-refractivity contribution is 7.98. The van der Waals surface area contributed by atoms with Crippen LogP contribution in [0.2, 0.25) is 0 Å². The smallest absolute Gasteiger partial charge is 0.303 e. The lowest BCUT2D eigenvalue weighted by molar-refractivity contribution is -0.433. The molecule has 41 heteroatoms. The SMILES string of the molecule is CC[N+]1=C(/C=C/C=C/C=C/C=C2/N(CCCCCC(=O)NCCCC[C@@H](CC(=O)CCOCCOC)C(=O)N[C@H](CCC(=O)O)C(=O)C[C@H](CCC(=O)O)C(=O)N[C@H](CCC(=O)O)C(=O)C[C@H](CCC(=O)O)C(=O)N[C@H](CCC(=O)O)C(=O)CCCOCC(=O)N3CCC[C@H]3C(=O)N[C@@H](CC(C)C)C(=O)CCC(=O)N[C@@H](CSC)C(=O)C[C@@H](C)C(C)=O)c3ccc(S(=O)(=O)O)cc3C2(C)C)C(C)(C)c2cc(C)ccc21. The van der Waals surface area contributed by atoms with E-state index in [1.54, 1.807) is 19.2 Å². The Morgan fingerprint density at radius 2 is 1.10 bits per heavy atom. The molecule has 2 aromatic rings. The Morgan fingerprint density at radius 3 is 1.66 bits per heavy atom. The van der Waals surface area contributed by atoms with Gasteiger partial charge in [-0.15, -0.1) is 0 Å². The van der Waals surface area contributed by atoms with E-state index in [-0.39, 0.29) is 143 Å². The van der Waals surface area contributed by atoms with Crippen LogP contribution in [0.5, 0.6) is 0 Å². The second-order valence-electron chi connectivity index (χ2n) is 38.7. The van der Waals surface area contributed by atoms with Crippen molar-refractivity contribution in [2.24, 2.45) is 29.6 Å². The molecule has 1 saturated heterocycles. The van der Waals surface area contributed by atoms with Crippen LogP contribution in [0.3, 0.4) is 0 Å². The molecule has 0 aliphatic carbocycles. The van der Waals surface area contributed by atoms with Gasteiger partial charge < -0.3 is 81.4 Å². The van der Waals surface area contributed by atoms with Gasteiger partial charge in [0.1, 0.15) is 30.8 Å². The number of ether oxygens (including phenoxy) is 3. The summed E-state index contributed by atoms with van der Waals surface area (Å²) < 4.78 is 53.3. The first kappa shape index (κ1) is 124. The number of nitrogens with one attached hydrogen (secondary N) is 6. The maximum absolute atomic E-state index is 14.6. The molecular formula is C104H150N9O30S2+. The zero-order valence-electron chi connectivity index (χ0n) is 85.6. The largest absolute Gasteiger partial charge is 0.481 e. The fourth-order valence-corrected chi connectivity index (χ4v) is 18.9. The number of amides is 7. The molecule has 3 aliphatic rings. The minimum absolute atomic E-state index is 0.00614. The number of carboxylic acid groups (broad SMARTS) is 5. The van der Waals surface area contributed by atoms with Crippen molar-refractivity contribution in [3.63, 3.8) is 0 Å². The number of likely N-dealkylation sites (tertiary alicyclic amines) is 1. The molecule has 39 nitrogen and oxygen atoms in total. The molecule has 5 rings (SSSR count). The first-order chi connectivity index (χ1) is 68.4. The van der Waals surface area contributed by atoms with Crippen LogP contribution >= 0.6 is 11.8 Å². The number of rotatable bonds is 74. The number of carbonyl (C=O) groups excluding carboxylic acids is 14. The third-order valence-corrected chi connectivity index (χ3v) is 27.6. The molecule has 1 fully saturated rings. The highest BCUT2D eigenvalue weighted by Crippen LogP contribution is 2.49. The van der Waals surface area contributed by atoms with Gasteiger partial charge in [-0.2, -0.15) is 24.8 Å². The average Bonchev–Trinajstić information content (AvgIpc) is 1.58. The van der Waals surface area contributed by atoms with Crippen molar-refractivity contribution in [3.05, 3.63) is 101 Å². The molecule has 0 spiro atoms. The first-order valence-corrected chi connectivity index (χ1v) is 52.6. The van der Waals surface area contributed by atoms with Crippen molar-refractivity contribution in [1.29, 1.82) is 0 Å². The van der Waals surface area contributed by atoms with E-state index in [0.717, 1.165) is 17.9 Å². The predicted molar refractivity (Wildman–Crippen MR) is 539 cm³/mol. The Bertz CT molecular complexity index is 5170. The maximum Gasteiger partial charge on any atom is 0.303 e. The number of carboxylic acids is 5. The van der Waals surface area contributed by atoms with Gasteiger partial charge in [0.2, 0.25) is 47.0 Å². The van der Waals surface area contributed by atoms with Crippen molar-refractivity contribution in [3.8, 4) is 0 Å². The summed E-state index contributed by atoms with van der Waals surface area (Å²) in [5.41, 5.74) is 6.28. The Labute approximate surface area is 852 Å². The van der Waals surface area contributed by atoms with Crippen molar-refractivity contribution in [2.75, 3.05) is 83.2 Å². The monoisotopic (exact) mass is 2070 g/mol. The topological polar surface area (TPSA) is 589 Å². The van der Waals surface area contributed by atoms with Gasteiger partial charge in [-0.25, -0.2) is 0 Å². The molecule has 0 radical (unpaired) electrons. The lowest BCUT2D eigenvalue weighted by Crippen LogP contribution is -2.52. The fraction of sp³-hybridized carbons (Fsp3) is 0.615. The number of methoxy groups -OCH3 is 1. The Hall–Kier alpha value is -11.7. The molecule has 7 amide bonds. The molecule has 0 bridgehead atoms. The highest BCUT2D eigenvalue weighted by atomic mass is 32.2. The van der Waals surface area contributed by atoms with Gasteiger partial charge in [0.15, 0.2) is 34.6 Å². The van der Waals surface area contributed by atoms with E-state index in [4.69, 9.17) is 14.2 Å². The molecule has 3 aliphatic heterocycles. The number of carbonyl (C=O) groups is 19. The number of anilines is 1. The number of thioether (sulfide) groups is 1. The Balaban J connectivity index is 1.22. The summed E-state index contributed by atoms with van der Waals surface area (Å²) in [4.78, 5) is 256. The third-order valence-electron chi connectivity index (χ3n) is 26.1. The number of aliphatic carboxylic acids is 5. The molecule has 12 N–H and O–H groups in total. The second kappa shape index (κ2) is 62.4. The van der Waals surface area contributed by atoms with Gasteiger partial charge in [-0.1, -0.05) is 89.5 Å². The van der Waals surface area contributed by atoms with Gasteiger partial charge in [0, 0.05) is 187 Å². The van der Waals surface area contributed by atoms with Gasteiger partial charge >= 0.3 is 29.8 Å². The quantitative estimate of drug-likeness (QED) is 0.0127. The summed E-state index contributed by atoms with van der Waals surface area (Å²) in [6.07, 6.45) is 8.12. The number of unbranched alkanes of at least 4 members (excludes halogenated alkanes) is 3. The van der Waals surface area contributed by atoms with Gasteiger partial charge in [0.05, 0.1) is 60.3 Å². The van der Waals surface area contributed by atoms with E-state index in [1.165, 1.54) is 65.4 Å². The molecular weight excluding hydrogens is 1920 g/mol. The summed E-state index contributed by atoms with van der Waals surface area (Å²) in [6.45, 7) is 20.3. The fourth-order valence-electron chi connectivity index (χ4n) is 17.8. The number of Topliss-reactive ketones (excluding diaryl/α,β-unsaturated/α-hetero) is 7. The highest BCUT2D eigenvalue weighted by Gasteiger charge is 2.46. The molecule has 0 unspecified atom stereocenters. The van der Waals surface area contributed by atoms with E-state index < -0.39 is 266 Å². The molecule has 10 atom stereocenters. The number of aryl methyl sites for hydroxylation is 1. The van der Waals surface area contributed by atoms with E-state index in [2.05, 4.69) is 93.3 Å². The summed E-state index contributed by atoms with van der Waals surface area (Å²) >= 11 is 1.31. The molecule has 802 valence electrons. The standard InChI is InChI=1S/C104H149N9O30S2/c1-13-111-81-39-32-66(4)57-74(81)103(7,8)89(111)29-18-15-14-16-19-30-90-104(9,10)75-62-73(145(138,139)140)35-40-82(75)112(90)50-23-17-20-31-91(121)105-49-22-21-26-69(59-72(115)48-53-142-55-54-141-11)99(134)108-77(37-46-97(130)131)87(119)61-71(34-44-95(126)127)101(136)109-78(38-47-98(132)133)88(120)60-70(33-43-94(124)125)100(135)107-76(36-45-96(128)129)84(116)28-25-52-143-63-93(123)113-51-24-27-83(113)102(137)110-79(56-65(2)3)85(117)41-42-92(122)106-80(64-144-12)86(118)58-67(5)68(6)114/h14-16,18-19,29-30,32,35,39-40,57,62,65,67,69-71,76-80,83H,13,17,20-28,31,33-34,36-38,41-56,58-61,63-64H2,1-12H3,(H11-,105,106,107,108,109,110,121,122,124,125,126,127,128,129,130,131,132,133,134,135,136,137,138,139,140)/p+1/t67-,69+,70+,71+,76-,77-,78-,79+,80+,83+/m1/s1. The minimum atomic E-state index is -4.54. The Kier molecular flexibility index (Phi) is 53.2. The lowest BCUT2D eigenvalue weighted by atomic mass is 9.81. The molecule has 2 aromatic carbocycles. The van der Waals surface area contributed by atoms with Crippen LogP contribution in [0.25, 0.3) is 0 Å². The zero-order chi connectivity index (χ0) is 108. The van der Waals surface area contributed by atoms with Crippen LogP contribution in [0, 0.1) is 36.5 Å². The van der Waals surface area contributed by atoms with Gasteiger partial charge in [0.25, 0.3) is 10.1 Å². The van der Waals surface area contributed by atoms with Gasteiger partial charge in [-0.3, -0.25) is 95.6 Å². The number of benzene rings is 2. The summed E-state index contributed by atoms with van der Waals surface area (Å²) in [5, 5.41) is 64.7. The van der Waals surface area contributed by atoms with Crippen molar-refractivity contribution in [1.82, 2.24) is 36.8 Å². The average molecular weight is 2070 g/mol. The normalized spacial score (nSPS) is 16.4. The number of nitrogens with zero attached hydrogens (tertiary/aromatic N) is 3. The Morgan fingerprint density at radius 1 is 0.538 bits per heavy atom. The predicted octanol–water partition coefficient (Wildman–Crippen LogP) is 9.66. The van der Waals surface area contributed by atoms with Crippen molar-refractivity contribution >= 4 is 151 Å². The van der Waals surface area contributed by atoms with Crippen LogP contribution in [-0.4, -0.2) is 280 Å². The number of fused-ring (bicyclic) bond motifs is 2.